The van der Waals surface area contributed by atoms with E-state index in [4.69, 9.17) is 18.9 Å². The van der Waals surface area contributed by atoms with Crippen LogP contribution in [0.4, 0.5) is 0 Å². The Balaban J connectivity index is 4.06. The smallest absolute Gasteiger partial charge is 0.361 e. The van der Waals surface area contributed by atoms with E-state index in [1.54, 1.807) is 0 Å². The van der Waals surface area contributed by atoms with E-state index in [9.17, 15) is 19.5 Å². The molecule has 1 N–H and O–H groups in total. The van der Waals surface area contributed by atoms with Gasteiger partial charge in [-0.2, -0.15) is 0 Å². The molecule has 454 valence electrons. The molecule has 0 aliphatic heterocycles. The lowest BCUT2D eigenvalue weighted by atomic mass is 10.0. The van der Waals surface area contributed by atoms with Crippen LogP contribution in [0.15, 0.2) is 24.3 Å². The molecule has 0 aliphatic rings. The molecule has 0 saturated carbocycles. The summed E-state index contributed by atoms with van der Waals surface area (Å²) in [7, 11) is 5.98. The number of unbranched alkanes of at least 4 members (excludes halogenated alkanes) is 44. The lowest BCUT2D eigenvalue weighted by Crippen LogP contribution is -2.40. The van der Waals surface area contributed by atoms with Crippen molar-refractivity contribution in [1.82, 2.24) is 0 Å². The number of hydrogen-bond donors (Lipinski definition) is 1. The van der Waals surface area contributed by atoms with E-state index in [2.05, 4.69) is 38.2 Å². The first-order chi connectivity index (χ1) is 37.6. The Morgan fingerprint density at radius 1 is 0.390 bits per heavy atom. The summed E-state index contributed by atoms with van der Waals surface area (Å²) in [6.45, 7) is 4.93. The number of carbonyl (C=O) groups excluding carboxylic acids is 2. The highest BCUT2D eigenvalue weighted by atomic mass is 16.7. The molecule has 0 amide bonds. The van der Waals surface area contributed by atoms with Crippen molar-refractivity contribution in [2.45, 2.75) is 347 Å². The van der Waals surface area contributed by atoms with Gasteiger partial charge in [0.1, 0.15) is 13.2 Å². The monoisotopic (exact) mass is 1090 g/mol. The second kappa shape index (κ2) is 59.9. The molecule has 77 heavy (non-hydrogen) atoms. The Kier molecular flexibility index (Phi) is 58.1. The highest BCUT2D eigenvalue weighted by Crippen LogP contribution is 2.18. The van der Waals surface area contributed by atoms with Crippen molar-refractivity contribution in [3.8, 4) is 0 Å². The third-order valence-corrected chi connectivity index (χ3v) is 15.2. The van der Waals surface area contributed by atoms with E-state index in [0.29, 0.717) is 17.4 Å². The summed E-state index contributed by atoms with van der Waals surface area (Å²) in [6.07, 6.45) is 70.0. The van der Waals surface area contributed by atoms with Crippen molar-refractivity contribution in [3.63, 3.8) is 0 Å². The highest BCUT2D eigenvalue weighted by molar-refractivity contribution is 5.71. The summed E-state index contributed by atoms with van der Waals surface area (Å²) in [6, 6.07) is 0. The van der Waals surface area contributed by atoms with Gasteiger partial charge in [0.15, 0.2) is 6.10 Å². The van der Waals surface area contributed by atoms with Gasteiger partial charge in [-0.1, -0.05) is 301 Å². The quantitative estimate of drug-likeness (QED) is 0.0211. The van der Waals surface area contributed by atoms with E-state index < -0.39 is 24.3 Å². The van der Waals surface area contributed by atoms with Gasteiger partial charge in [-0.3, -0.25) is 9.59 Å². The average Bonchev–Trinajstić information content (AvgIpc) is 3.40. The zero-order valence-electron chi connectivity index (χ0n) is 51.9. The minimum atomic E-state index is -1.51. The predicted molar refractivity (Wildman–Crippen MR) is 328 cm³/mol. The zero-order valence-corrected chi connectivity index (χ0v) is 51.9. The second-order valence-electron chi connectivity index (χ2n) is 24.1. The number of ether oxygens (including phenoxy) is 4. The second-order valence-corrected chi connectivity index (χ2v) is 24.1. The molecule has 0 aromatic rings. The SMILES string of the molecule is CCCCCCC/C=C\C/C=C\CCCCCCCCCCCC(=O)OC(COC(=O)CCCCCCCCCCCCCCCCCCCCCCCCCCCCCCCCC)COC(OCC[N+](C)(C)C)C(=O)O. The van der Waals surface area contributed by atoms with E-state index in [-0.39, 0.29) is 32.2 Å². The van der Waals surface area contributed by atoms with Crippen LogP contribution in [0.25, 0.3) is 0 Å². The van der Waals surface area contributed by atoms with Gasteiger partial charge in [-0.05, 0) is 44.9 Å². The van der Waals surface area contributed by atoms with Gasteiger partial charge in [0.2, 0.25) is 0 Å². The van der Waals surface area contributed by atoms with Crippen molar-refractivity contribution in [2.24, 2.45) is 0 Å². The van der Waals surface area contributed by atoms with Crippen LogP contribution in [-0.4, -0.2) is 87.4 Å². The van der Waals surface area contributed by atoms with Crippen LogP contribution in [0.5, 0.6) is 0 Å². The fourth-order valence-corrected chi connectivity index (χ4v) is 10.0. The topological polar surface area (TPSA) is 108 Å². The summed E-state index contributed by atoms with van der Waals surface area (Å²) in [4.78, 5) is 37.5. The van der Waals surface area contributed by atoms with Crippen LogP contribution in [0, 0.1) is 0 Å². The molecule has 0 radical (unpaired) electrons. The molecular weight excluding hydrogens is 959 g/mol. The number of carboxylic acids is 1. The summed E-state index contributed by atoms with van der Waals surface area (Å²) in [5, 5.41) is 9.73. The summed E-state index contributed by atoms with van der Waals surface area (Å²) in [5.41, 5.74) is 0. The molecule has 9 heteroatoms. The maximum Gasteiger partial charge on any atom is 0.361 e. The minimum absolute atomic E-state index is 0.178. The molecule has 0 spiro atoms. The number of allylic oxidation sites excluding steroid dienone is 4. The normalized spacial score (nSPS) is 12.8. The van der Waals surface area contributed by atoms with Gasteiger partial charge in [0.25, 0.3) is 6.29 Å². The Bertz CT molecular complexity index is 1310. The lowest BCUT2D eigenvalue weighted by Gasteiger charge is -2.25. The predicted octanol–water partition coefficient (Wildman–Crippen LogP) is 20.2. The molecule has 0 fully saturated rings. The lowest BCUT2D eigenvalue weighted by molar-refractivity contribution is -0.870. The molecule has 0 heterocycles. The molecular formula is C68H130NO8+. The van der Waals surface area contributed by atoms with E-state index in [1.165, 1.54) is 257 Å². The fraction of sp³-hybridized carbons (Fsp3) is 0.897. The Labute approximate surface area is 478 Å². The van der Waals surface area contributed by atoms with Gasteiger partial charge < -0.3 is 28.5 Å². The van der Waals surface area contributed by atoms with Gasteiger partial charge in [-0.15, -0.1) is 0 Å². The minimum Gasteiger partial charge on any atom is -0.477 e. The van der Waals surface area contributed by atoms with Gasteiger partial charge >= 0.3 is 17.9 Å². The first-order valence-corrected chi connectivity index (χ1v) is 33.5. The number of nitrogens with zero attached hydrogens (tertiary/aromatic N) is 1. The average molecular weight is 1090 g/mol. The molecule has 9 nitrogen and oxygen atoms in total. The number of likely N-dealkylation sites (N-methyl/N-ethyl adjacent to an activating group) is 1. The number of carboxylic acid groups (broad SMARTS) is 1. The maximum atomic E-state index is 12.9. The number of carbonyl (C=O) groups is 3. The van der Waals surface area contributed by atoms with Crippen LogP contribution in [0.3, 0.4) is 0 Å². The van der Waals surface area contributed by atoms with Crippen molar-refractivity contribution < 1.29 is 42.9 Å². The molecule has 2 unspecified atom stereocenters. The number of hydrogen-bond acceptors (Lipinski definition) is 7. The van der Waals surface area contributed by atoms with Crippen LogP contribution in [-0.2, 0) is 33.3 Å². The van der Waals surface area contributed by atoms with Crippen LogP contribution in [0.1, 0.15) is 335 Å². The first kappa shape index (κ1) is 74.8. The molecule has 2 atom stereocenters. The van der Waals surface area contributed by atoms with Crippen LogP contribution >= 0.6 is 0 Å². The van der Waals surface area contributed by atoms with E-state index >= 15 is 0 Å². The maximum absolute atomic E-state index is 12.9. The third-order valence-electron chi connectivity index (χ3n) is 15.2. The van der Waals surface area contributed by atoms with E-state index in [0.717, 1.165) is 51.4 Å². The highest BCUT2D eigenvalue weighted by Gasteiger charge is 2.25. The third kappa shape index (κ3) is 61.2. The number of aliphatic carboxylic acids is 1. The van der Waals surface area contributed by atoms with Crippen LogP contribution in [0.2, 0.25) is 0 Å². The largest absolute Gasteiger partial charge is 0.477 e. The fourth-order valence-electron chi connectivity index (χ4n) is 10.0. The zero-order chi connectivity index (χ0) is 56.2. The standard InChI is InChI=1S/C68H129NO8/c1-6-8-10-12-14-16-18-20-22-24-26-28-29-30-31-32-33-34-35-36-37-39-40-42-44-46-48-50-52-54-56-58-65(70)75-62-64(63-76-68(67(72)73)74-61-60-69(3,4)5)77-66(71)59-57-55-53-51-49-47-45-43-41-38-27-25-23-21-19-17-15-13-11-9-7-2/h19,21,25,27,64,68H,6-18,20,22-24,26,28-63H2,1-5H3/p+1/b21-19-,27-25-. The molecule has 0 aliphatic carbocycles. The number of quaternary nitrogens is 1. The van der Waals surface area contributed by atoms with Crippen LogP contribution < -0.4 is 0 Å². The number of rotatable bonds is 63. The molecule has 0 saturated heterocycles. The number of esters is 2. The van der Waals surface area contributed by atoms with Gasteiger partial charge in [0, 0.05) is 12.8 Å². The summed E-state index contributed by atoms with van der Waals surface area (Å²) >= 11 is 0. The van der Waals surface area contributed by atoms with E-state index in [1.807, 2.05) is 21.1 Å². The van der Waals surface area contributed by atoms with Gasteiger partial charge in [-0.25, -0.2) is 4.79 Å². The molecule has 0 aromatic heterocycles. The molecule has 0 aromatic carbocycles. The Hall–Kier alpha value is -2.23. The molecule has 0 bridgehead atoms. The summed E-state index contributed by atoms with van der Waals surface area (Å²) < 4.78 is 23.0. The van der Waals surface area contributed by atoms with Crippen molar-refractivity contribution >= 4 is 17.9 Å². The van der Waals surface area contributed by atoms with Crippen molar-refractivity contribution in [3.05, 3.63) is 24.3 Å². The Morgan fingerprint density at radius 2 is 0.701 bits per heavy atom. The van der Waals surface area contributed by atoms with Crippen molar-refractivity contribution in [1.29, 1.82) is 0 Å². The Morgan fingerprint density at radius 3 is 1.03 bits per heavy atom. The van der Waals surface area contributed by atoms with Gasteiger partial charge in [0.05, 0.1) is 34.4 Å². The molecule has 0 rings (SSSR count). The first-order valence-electron chi connectivity index (χ1n) is 33.5. The van der Waals surface area contributed by atoms with Crippen molar-refractivity contribution in [2.75, 3.05) is 47.5 Å². The summed E-state index contributed by atoms with van der Waals surface area (Å²) in [5.74, 6) is -1.99.